The standard InChI is InChI=1S/C24H25ClN2O3/c1-15(2)9-11-30-21-7-4-16(13-22(21)29-3)12-17-8-10-27-23(17)26-20-14-18(25)5-6-19(20)24(27)28/h4-7,12-15H,8-11H2,1-3H3/b17-12+. The summed E-state index contributed by atoms with van der Waals surface area (Å²) in [6.45, 7) is 5.63. The summed E-state index contributed by atoms with van der Waals surface area (Å²) in [7, 11) is 1.64. The fourth-order valence-corrected chi connectivity index (χ4v) is 3.79. The van der Waals surface area contributed by atoms with E-state index in [-0.39, 0.29) is 5.56 Å². The normalized spacial score (nSPS) is 14.5. The van der Waals surface area contributed by atoms with Gasteiger partial charge >= 0.3 is 0 Å². The molecule has 0 bridgehead atoms. The molecule has 1 aliphatic rings. The number of hydrogen-bond donors (Lipinski definition) is 0. The minimum atomic E-state index is -0.0263. The molecule has 30 heavy (non-hydrogen) atoms. The highest BCUT2D eigenvalue weighted by Crippen LogP contribution is 2.32. The molecule has 5 nitrogen and oxygen atoms in total. The van der Waals surface area contributed by atoms with Crippen LogP contribution in [-0.2, 0) is 6.54 Å². The highest BCUT2D eigenvalue weighted by Gasteiger charge is 2.21. The molecule has 6 heteroatoms. The highest BCUT2D eigenvalue weighted by molar-refractivity contribution is 6.31. The highest BCUT2D eigenvalue weighted by atomic mass is 35.5. The van der Waals surface area contributed by atoms with Gasteiger partial charge in [-0.05, 0) is 66.3 Å². The van der Waals surface area contributed by atoms with Gasteiger partial charge in [-0.1, -0.05) is 31.5 Å². The largest absolute Gasteiger partial charge is 0.493 e. The predicted octanol–water partition coefficient (Wildman–Crippen LogP) is 5.43. The lowest BCUT2D eigenvalue weighted by Gasteiger charge is -2.12. The maximum Gasteiger partial charge on any atom is 0.261 e. The van der Waals surface area contributed by atoms with Crippen molar-refractivity contribution in [2.45, 2.75) is 33.2 Å². The molecule has 1 aliphatic heterocycles. The second-order valence-electron chi connectivity index (χ2n) is 7.91. The zero-order valence-electron chi connectivity index (χ0n) is 17.4. The SMILES string of the molecule is COc1cc(/C=C2\CCn3c2nc2cc(Cl)ccc2c3=O)ccc1OCCC(C)C. The summed E-state index contributed by atoms with van der Waals surface area (Å²) in [6, 6.07) is 11.1. The van der Waals surface area contributed by atoms with Crippen molar-refractivity contribution in [3.05, 3.63) is 63.2 Å². The van der Waals surface area contributed by atoms with E-state index in [0.717, 1.165) is 29.7 Å². The maximum absolute atomic E-state index is 12.8. The Morgan fingerprint density at radius 1 is 1.20 bits per heavy atom. The van der Waals surface area contributed by atoms with E-state index in [1.165, 1.54) is 0 Å². The number of methoxy groups -OCH3 is 1. The average Bonchev–Trinajstić information content (AvgIpc) is 3.11. The van der Waals surface area contributed by atoms with Crippen LogP contribution in [0.2, 0.25) is 5.02 Å². The molecule has 0 atom stereocenters. The van der Waals surface area contributed by atoms with Gasteiger partial charge in [-0.25, -0.2) is 4.98 Å². The molecule has 0 spiro atoms. The van der Waals surface area contributed by atoms with Crippen LogP contribution in [0.5, 0.6) is 11.5 Å². The Morgan fingerprint density at radius 3 is 2.80 bits per heavy atom. The van der Waals surface area contributed by atoms with Crippen molar-refractivity contribution < 1.29 is 9.47 Å². The van der Waals surface area contributed by atoms with E-state index in [0.29, 0.717) is 46.6 Å². The quantitative estimate of drug-likeness (QED) is 0.529. The minimum Gasteiger partial charge on any atom is -0.493 e. The lowest BCUT2D eigenvalue weighted by atomic mass is 10.1. The third-order valence-corrected chi connectivity index (χ3v) is 5.53. The van der Waals surface area contributed by atoms with Gasteiger partial charge in [-0.3, -0.25) is 9.36 Å². The van der Waals surface area contributed by atoms with Crippen LogP contribution >= 0.6 is 11.6 Å². The summed E-state index contributed by atoms with van der Waals surface area (Å²) in [6.07, 6.45) is 3.80. The molecule has 3 aromatic rings. The number of ether oxygens (including phenoxy) is 2. The van der Waals surface area contributed by atoms with Crippen LogP contribution in [-0.4, -0.2) is 23.3 Å². The number of halogens is 1. The minimum absolute atomic E-state index is 0.0263. The van der Waals surface area contributed by atoms with E-state index in [2.05, 4.69) is 19.9 Å². The number of hydrogen-bond acceptors (Lipinski definition) is 4. The molecular formula is C24H25ClN2O3. The summed E-state index contributed by atoms with van der Waals surface area (Å²) in [5.41, 5.74) is 2.59. The third-order valence-electron chi connectivity index (χ3n) is 5.29. The topological polar surface area (TPSA) is 53.4 Å². The first kappa shape index (κ1) is 20.5. The van der Waals surface area contributed by atoms with Crippen molar-refractivity contribution in [2.24, 2.45) is 5.92 Å². The van der Waals surface area contributed by atoms with Crippen LogP contribution in [0, 0.1) is 5.92 Å². The summed E-state index contributed by atoms with van der Waals surface area (Å²) in [4.78, 5) is 17.6. The van der Waals surface area contributed by atoms with Crippen molar-refractivity contribution in [3.63, 3.8) is 0 Å². The van der Waals surface area contributed by atoms with Gasteiger partial charge in [0.15, 0.2) is 11.5 Å². The first-order chi connectivity index (χ1) is 14.5. The molecule has 0 aliphatic carbocycles. The van der Waals surface area contributed by atoms with Gasteiger partial charge in [-0.15, -0.1) is 0 Å². The van der Waals surface area contributed by atoms with E-state index in [1.54, 1.807) is 29.9 Å². The van der Waals surface area contributed by atoms with Crippen LogP contribution in [0.1, 0.15) is 38.1 Å². The van der Waals surface area contributed by atoms with Gasteiger partial charge in [0.1, 0.15) is 5.82 Å². The van der Waals surface area contributed by atoms with Gasteiger partial charge in [-0.2, -0.15) is 0 Å². The molecule has 2 heterocycles. The second kappa shape index (κ2) is 8.52. The van der Waals surface area contributed by atoms with Gasteiger partial charge < -0.3 is 9.47 Å². The molecule has 0 radical (unpaired) electrons. The molecule has 0 unspecified atom stereocenters. The fraction of sp³-hybridized carbons (Fsp3) is 0.333. The van der Waals surface area contributed by atoms with E-state index in [9.17, 15) is 4.79 Å². The lowest BCUT2D eigenvalue weighted by molar-refractivity contribution is 0.273. The number of allylic oxidation sites excluding steroid dienone is 1. The zero-order chi connectivity index (χ0) is 21.3. The van der Waals surface area contributed by atoms with Crippen LogP contribution in [0.3, 0.4) is 0 Å². The Hall–Kier alpha value is -2.79. The van der Waals surface area contributed by atoms with Gasteiger partial charge in [0.2, 0.25) is 0 Å². The van der Waals surface area contributed by atoms with Gasteiger partial charge in [0, 0.05) is 11.6 Å². The smallest absolute Gasteiger partial charge is 0.261 e. The van der Waals surface area contributed by atoms with Crippen LogP contribution in [0.15, 0.2) is 41.2 Å². The molecule has 0 amide bonds. The number of aromatic nitrogens is 2. The number of nitrogens with zero attached hydrogens (tertiary/aromatic N) is 2. The average molecular weight is 425 g/mol. The lowest BCUT2D eigenvalue weighted by Crippen LogP contribution is -2.20. The van der Waals surface area contributed by atoms with E-state index in [4.69, 9.17) is 26.1 Å². The summed E-state index contributed by atoms with van der Waals surface area (Å²) in [5.74, 6) is 2.72. The van der Waals surface area contributed by atoms with E-state index < -0.39 is 0 Å². The number of benzene rings is 2. The summed E-state index contributed by atoms with van der Waals surface area (Å²) >= 11 is 6.10. The van der Waals surface area contributed by atoms with Gasteiger partial charge in [0.25, 0.3) is 5.56 Å². The molecule has 0 saturated carbocycles. The summed E-state index contributed by atoms with van der Waals surface area (Å²) < 4.78 is 13.1. The maximum atomic E-state index is 12.8. The summed E-state index contributed by atoms with van der Waals surface area (Å²) in [5, 5.41) is 1.16. The van der Waals surface area contributed by atoms with E-state index in [1.807, 2.05) is 18.2 Å². The zero-order valence-corrected chi connectivity index (χ0v) is 18.2. The molecule has 1 aromatic heterocycles. The van der Waals surface area contributed by atoms with Crippen LogP contribution in [0.25, 0.3) is 22.6 Å². The first-order valence-corrected chi connectivity index (χ1v) is 10.6. The molecular weight excluding hydrogens is 400 g/mol. The first-order valence-electron chi connectivity index (χ1n) is 10.2. The Morgan fingerprint density at radius 2 is 2.03 bits per heavy atom. The molecule has 156 valence electrons. The predicted molar refractivity (Wildman–Crippen MR) is 121 cm³/mol. The molecule has 0 saturated heterocycles. The fourth-order valence-electron chi connectivity index (χ4n) is 3.63. The van der Waals surface area contributed by atoms with Crippen molar-refractivity contribution in [1.82, 2.24) is 9.55 Å². The Kier molecular flexibility index (Phi) is 5.82. The third kappa shape index (κ3) is 4.08. The number of fused-ring (bicyclic) bond motifs is 2. The van der Waals surface area contributed by atoms with Crippen molar-refractivity contribution in [1.29, 1.82) is 0 Å². The van der Waals surface area contributed by atoms with Crippen LogP contribution in [0.4, 0.5) is 0 Å². The number of rotatable bonds is 6. The second-order valence-corrected chi connectivity index (χ2v) is 8.35. The Labute approximate surface area is 180 Å². The van der Waals surface area contributed by atoms with Crippen LogP contribution < -0.4 is 15.0 Å². The van der Waals surface area contributed by atoms with Gasteiger partial charge in [0.05, 0.1) is 24.6 Å². The molecule has 0 fully saturated rings. The van der Waals surface area contributed by atoms with E-state index >= 15 is 0 Å². The Bertz CT molecular complexity index is 1180. The molecule has 4 rings (SSSR count). The van der Waals surface area contributed by atoms with Crippen molar-refractivity contribution in [2.75, 3.05) is 13.7 Å². The molecule has 2 aromatic carbocycles. The monoisotopic (exact) mass is 424 g/mol. The Balaban J connectivity index is 1.67. The molecule has 0 N–H and O–H groups in total. The van der Waals surface area contributed by atoms with Crippen molar-refractivity contribution in [3.8, 4) is 11.5 Å². The van der Waals surface area contributed by atoms with Crippen molar-refractivity contribution >= 4 is 34.2 Å².